The van der Waals surface area contributed by atoms with Crippen LogP contribution in [0.25, 0.3) is 0 Å². The van der Waals surface area contributed by atoms with Crippen molar-refractivity contribution in [2.75, 3.05) is 31.7 Å². The first-order chi connectivity index (χ1) is 17.2. The van der Waals surface area contributed by atoms with Gasteiger partial charge < -0.3 is 19.5 Å². The number of ether oxygens (including phenoxy) is 3. The maximum absolute atomic E-state index is 13.7. The lowest BCUT2D eigenvalue weighted by atomic mass is 10.1. The number of sulfonamides is 1. The molecule has 0 spiro atoms. The van der Waals surface area contributed by atoms with Gasteiger partial charge in [0.1, 0.15) is 23.8 Å². The van der Waals surface area contributed by atoms with Crippen LogP contribution >= 0.6 is 0 Å². The number of amides is 1. The molecule has 8 nitrogen and oxygen atoms in total. The third kappa shape index (κ3) is 6.28. The molecule has 1 atom stereocenters. The Morgan fingerprint density at radius 3 is 2.17 bits per heavy atom. The Bertz CT molecular complexity index is 1270. The molecule has 0 aliphatic rings. The Morgan fingerprint density at radius 1 is 0.944 bits per heavy atom. The summed E-state index contributed by atoms with van der Waals surface area (Å²) in [7, 11) is -1.19. The van der Waals surface area contributed by atoms with Crippen LogP contribution in [0.1, 0.15) is 31.0 Å². The van der Waals surface area contributed by atoms with Crippen LogP contribution in [0.4, 0.5) is 5.69 Å². The second kappa shape index (κ2) is 11.8. The minimum absolute atomic E-state index is 0.0605. The smallest absolute Gasteiger partial charge is 0.264 e. The van der Waals surface area contributed by atoms with E-state index in [4.69, 9.17) is 14.2 Å². The molecule has 1 N–H and O–H groups in total. The summed E-state index contributed by atoms with van der Waals surface area (Å²) in [5.41, 5.74) is 1.97. The van der Waals surface area contributed by atoms with Gasteiger partial charge in [0.2, 0.25) is 5.91 Å². The number of methoxy groups -OCH3 is 2. The summed E-state index contributed by atoms with van der Waals surface area (Å²) >= 11 is 0. The fourth-order valence-electron chi connectivity index (χ4n) is 3.65. The topological polar surface area (TPSA) is 94.2 Å². The lowest BCUT2D eigenvalue weighted by Crippen LogP contribution is -2.41. The first kappa shape index (κ1) is 26.9. The van der Waals surface area contributed by atoms with Crippen molar-refractivity contribution in [3.8, 4) is 17.2 Å². The number of anilines is 1. The molecule has 36 heavy (non-hydrogen) atoms. The standard InChI is InChI=1S/C27H32N2O6S/c1-6-35-22-11-9-21(10-12-22)20(3)28-27(30)18-29(25-17-23(33-4)13-16-26(25)34-5)36(31,32)24-14-7-19(2)8-15-24/h7-17,20H,6,18H2,1-5H3,(H,28,30)/t20-/m0/s1. The molecular weight excluding hydrogens is 480 g/mol. The number of nitrogens with zero attached hydrogens (tertiary/aromatic N) is 1. The molecule has 1 amide bonds. The van der Waals surface area contributed by atoms with Gasteiger partial charge in [0.15, 0.2) is 0 Å². The van der Waals surface area contributed by atoms with Crippen LogP contribution in [0.2, 0.25) is 0 Å². The van der Waals surface area contributed by atoms with Crippen LogP contribution in [0.5, 0.6) is 17.2 Å². The second-order valence-electron chi connectivity index (χ2n) is 8.15. The number of hydrogen-bond acceptors (Lipinski definition) is 6. The normalized spacial score (nSPS) is 11.9. The van der Waals surface area contributed by atoms with Gasteiger partial charge in [-0.2, -0.15) is 0 Å². The zero-order valence-corrected chi connectivity index (χ0v) is 22.0. The van der Waals surface area contributed by atoms with Crippen molar-refractivity contribution in [1.82, 2.24) is 5.32 Å². The number of hydrogen-bond donors (Lipinski definition) is 1. The van der Waals surface area contributed by atoms with E-state index in [0.717, 1.165) is 21.2 Å². The highest BCUT2D eigenvalue weighted by molar-refractivity contribution is 7.92. The van der Waals surface area contributed by atoms with Crippen LogP contribution in [-0.4, -0.2) is 41.7 Å². The summed E-state index contributed by atoms with van der Waals surface area (Å²) in [6.07, 6.45) is 0. The molecule has 0 aromatic heterocycles. The summed E-state index contributed by atoms with van der Waals surface area (Å²) in [5, 5.41) is 2.89. The van der Waals surface area contributed by atoms with E-state index in [2.05, 4.69) is 5.32 Å². The summed E-state index contributed by atoms with van der Waals surface area (Å²) in [4.78, 5) is 13.2. The summed E-state index contributed by atoms with van der Waals surface area (Å²) in [6, 6.07) is 18.3. The fourth-order valence-corrected chi connectivity index (χ4v) is 5.07. The van der Waals surface area contributed by atoms with Gasteiger partial charge >= 0.3 is 0 Å². The Balaban J connectivity index is 1.94. The van der Waals surface area contributed by atoms with E-state index in [9.17, 15) is 13.2 Å². The molecule has 0 heterocycles. The summed E-state index contributed by atoms with van der Waals surface area (Å²) < 4.78 is 44.7. The average Bonchev–Trinajstić information content (AvgIpc) is 2.87. The van der Waals surface area contributed by atoms with Crippen LogP contribution in [0, 0.1) is 6.92 Å². The number of carbonyl (C=O) groups excluding carboxylic acids is 1. The molecule has 0 fully saturated rings. The van der Waals surface area contributed by atoms with Crippen LogP contribution in [0.15, 0.2) is 71.6 Å². The lowest BCUT2D eigenvalue weighted by Gasteiger charge is -2.27. The third-order valence-corrected chi connectivity index (χ3v) is 7.39. The van der Waals surface area contributed by atoms with E-state index in [-0.39, 0.29) is 16.6 Å². The van der Waals surface area contributed by atoms with E-state index < -0.39 is 22.5 Å². The molecule has 0 saturated heterocycles. The van der Waals surface area contributed by atoms with Crippen LogP contribution in [-0.2, 0) is 14.8 Å². The van der Waals surface area contributed by atoms with Gasteiger partial charge in [-0.1, -0.05) is 29.8 Å². The van der Waals surface area contributed by atoms with Crippen molar-refractivity contribution in [2.24, 2.45) is 0 Å². The Labute approximate surface area is 212 Å². The maximum Gasteiger partial charge on any atom is 0.264 e. The van der Waals surface area contributed by atoms with E-state index in [1.807, 2.05) is 45.0 Å². The number of aryl methyl sites for hydroxylation is 1. The summed E-state index contributed by atoms with van der Waals surface area (Å²) in [6.45, 7) is 5.71. The molecule has 3 rings (SSSR count). The largest absolute Gasteiger partial charge is 0.497 e. The first-order valence-corrected chi connectivity index (χ1v) is 13.0. The van der Waals surface area contributed by atoms with Gasteiger partial charge in [-0.3, -0.25) is 9.10 Å². The highest BCUT2D eigenvalue weighted by atomic mass is 32.2. The molecule has 0 aliphatic heterocycles. The zero-order valence-electron chi connectivity index (χ0n) is 21.1. The molecule has 0 saturated carbocycles. The highest BCUT2D eigenvalue weighted by Gasteiger charge is 2.30. The number of benzene rings is 3. The van der Waals surface area contributed by atoms with Gasteiger partial charge in [0, 0.05) is 6.07 Å². The number of nitrogens with one attached hydrogen (secondary N) is 1. The zero-order chi connectivity index (χ0) is 26.3. The highest BCUT2D eigenvalue weighted by Crippen LogP contribution is 2.35. The minimum Gasteiger partial charge on any atom is -0.497 e. The van der Waals surface area contributed by atoms with Gasteiger partial charge in [-0.05, 0) is 62.7 Å². The quantitative estimate of drug-likeness (QED) is 0.407. The molecule has 9 heteroatoms. The van der Waals surface area contributed by atoms with Crippen molar-refractivity contribution in [3.05, 3.63) is 77.9 Å². The molecule has 3 aromatic carbocycles. The SMILES string of the molecule is CCOc1ccc([C@H](C)NC(=O)CN(c2cc(OC)ccc2OC)S(=O)(=O)c2ccc(C)cc2)cc1. The Morgan fingerprint density at radius 2 is 1.58 bits per heavy atom. The van der Waals surface area contributed by atoms with E-state index in [1.165, 1.54) is 32.4 Å². The van der Waals surface area contributed by atoms with Crippen molar-refractivity contribution in [2.45, 2.75) is 31.7 Å². The van der Waals surface area contributed by atoms with E-state index in [1.54, 1.807) is 24.3 Å². The van der Waals surface area contributed by atoms with Gasteiger partial charge in [0.05, 0.1) is 37.5 Å². The van der Waals surface area contributed by atoms with Crippen LogP contribution in [0.3, 0.4) is 0 Å². The second-order valence-corrected chi connectivity index (χ2v) is 10.0. The maximum atomic E-state index is 13.7. The molecule has 192 valence electrons. The van der Waals surface area contributed by atoms with Gasteiger partial charge in [-0.15, -0.1) is 0 Å². The fraction of sp³-hybridized carbons (Fsp3) is 0.296. The van der Waals surface area contributed by atoms with Gasteiger partial charge in [0.25, 0.3) is 10.0 Å². The predicted octanol–water partition coefficient (Wildman–Crippen LogP) is 4.48. The predicted molar refractivity (Wildman–Crippen MR) is 139 cm³/mol. The molecule has 0 unspecified atom stereocenters. The third-order valence-electron chi connectivity index (χ3n) is 5.62. The number of carbonyl (C=O) groups is 1. The van der Waals surface area contributed by atoms with Crippen molar-refractivity contribution in [3.63, 3.8) is 0 Å². The minimum atomic E-state index is -4.12. The molecule has 0 aliphatic carbocycles. The van der Waals surface area contributed by atoms with Crippen molar-refractivity contribution >= 4 is 21.6 Å². The van der Waals surface area contributed by atoms with Crippen LogP contribution < -0.4 is 23.8 Å². The molecule has 3 aromatic rings. The monoisotopic (exact) mass is 512 g/mol. The Kier molecular flexibility index (Phi) is 8.82. The molecular formula is C27H32N2O6S. The molecule has 0 radical (unpaired) electrons. The van der Waals surface area contributed by atoms with E-state index in [0.29, 0.717) is 18.1 Å². The van der Waals surface area contributed by atoms with Gasteiger partial charge in [-0.25, -0.2) is 8.42 Å². The van der Waals surface area contributed by atoms with Crippen molar-refractivity contribution in [1.29, 1.82) is 0 Å². The molecule has 0 bridgehead atoms. The van der Waals surface area contributed by atoms with E-state index >= 15 is 0 Å². The Hall–Kier alpha value is -3.72. The van der Waals surface area contributed by atoms with Crippen molar-refractivity contribution < 1.29 is 27.4 Å². The average molecular weight is 513 g/mol. The lowest BCUT2D eigenvalue weighted by molar-refractivity contribution is -0.120. The number of rotatable bonds is 11. The summed E-state index contributed by atoms with van der Waals surface area (Å²) in [5.74, 6) is 0.981. The first-order valence-electron chi connectivity index (χ1n) is 11.5.